The highest BCUT2D eigenvalue weighted by atomic mass is 16.5. The SMILES string of the molecule is CCOc1ccccc1OCCNC(C)C1CCOCC1. The van der Waals surface area contributed by atoms with Gasteiger partial charge in [-0.2, -0.15) is 0 Å². The number of hydrogen-bond acceptors (Lipinski definition) is 4. The molecule has 4 heteroatoms. The van der Waals surface area contributed by atoms with Gasteiger partial charge in [-0.25, -0.2) is 0 Å². The van der Waals surface area contributed by atoms with Crippen molar-refractivity contribution in [1.29, 1.82) is 0 Å². The van der Waals surface area contributed by atoms with Crippen molar-refractivity contribution in [3.05, 3.63) is 24.3 Å². The summed E-state index contributed by atoms with van der Waals surface area (Å²) in [7, 11) is 0. The third kappa shape index (κ3) is 5.21. The van der Waals surface area contributed by atoms with Crippen molar-refractivity contribution in [2.24, 2.45) is 5.92 Å². The van der Waals surface area contributed by atoms with Crippen LogP contribution in [0.2, 0.25) is 0 Å². The Kier molecular flexibility index (Phi) is 6.83. The van der Waals surface area contributed by atoms with Gasteiger partial charge >= 0.3 is 0 Å². The summed E-state index contributed by atoms with van der Waals surface area (Å²) in [5, 5.41) is 3.55. The van der Waals surface area contributed by atoms with Gasteiger partial charge in [0.15, 0.2) is 11.5 Å². The summed E-state index contributed by atoms with van der Waals surface area (Å²) in [6.45, 7) is 8.18. The highest BCUT2D eigenvalue weighted by molar-refractivity contribution is 5.39. The van der Waals surface area contributed by atoms with E-state index in [1.807, 2.05) is 31.2 Å². The molecule has 0 saturated carbocycles. The fourth-order valence-corrected chi connectivity index (χ4v) is 2.67. The van der Waals surface area contributed by atoms with E-state index < -0.39 is 0 Å². The molecule has 0 bridgehead atoms. The van der Waals surface area contributed by atoms with Gasteiger partial charge in [0.05, 0.1) is 6.61 Å². The first-order valence-electron chi connectivity index (χ1n) is 7.97. The first-order chi connectivity index (χ1) is 10.3. The van der Waals surface area contributed by atoms with Crippen LogP contribution < -0.4 is 14.8 Å². The normalized spacial score (nSPS) is 17.4. The number of nitrogens with one attached hydrogen (secondary N) is 1. The zero-order valence-corrected chi connectivity index (χ0v) is 13.1. The van der Waals surface area contributed by atoms with Gasteiger partial charge in [-0.3, -0.25) is 0 Å². The fraction of sp³-hybridized carbons (Fsp3) is 0.647. The third-order valence-corrected chi connectivity index (χ3v) is 3.95. The average molecular weight is 293 g/mol. The molecule has 118 valence electrons. The van der Waals surface area contributed by atoms with Gasteiger partial charge in [0.1, 0.15) is 6.61 Å². The standard InChI is InChI=1S/C17H27NO3/c1-3-20-16-6-4-5-7-17(16)21-13-10-18-14(2)15-8-11-19-12-9-15/h4-7,14-15,18H,3,8-13H2,1-2H3. The van der Waals surface area contributed by atoms with Crippen LogP contribution in [-0.2, 0) is 4.74 Å². The van der Waals surface area contributed by atoms with Gasteiger partial charge in [-0.05, 0) is 44.7 Å². The molecule has 21 heavy (non-hydrogen) atoms. The zero-order valence-electron chi connectivity index (χ0n) is 13.1. The maximum atomic E-state index is 5.82. The number of benzene rings is 1. The van der Waals surface area contributed by atoms with Crippen molar-refractivity contribution in [1.82, 2.24) is 5.32 Å². The summed E-state index contributed by atoms with van der Waals surface area (Å²) >= 11 is 0. The monoisotopic (exact) mass is 293 g/mol. The second kappa shape index (κ2) is 8.90. The Bertz CT molecular complexity index is 405. The molecule has 1 atom stereocenters. The van der Waals surface area contributed by atoms with Gasteiger partial charge < -0.3 is 19.5 Å². The van der Waals surface area contributed by atoms with Crippen LogP contribution in [0.1, 0.15) is 26.7 Å². The second-order valence-corrected chi connectivity index (χ2v) is 5.42. The average Bonchev–Trinajstić information content (AvgIpc) is 2.54. The summed E-state index contributed by atoms with van der Waals surface area (Å²) in [4.78, 5) is 0. The van der Waals surface area contributed by atoms with Crippen LogP contribution in [0.3, 0.4) is 0 Å². The van der Waals surface area contributed by atoms with Crippen LogP contribution in [0.4, 0.5) is 0 Å². The molecule has 1 aliphatic rings. The molecule has 4 nitrogen and oxygen atoms in total. The van der Waals surface area contributed by atoms with E-state index in [1.54, 1.807) is 0 Å². The Morgan fingerprint density at radius 3 is 2.52 bits per heavy atom. The van der Waals surface area contributed by atoms with Gasteiger partial charge in [-0.15, -0.1) is 0 Å². The maximum absolute atomic E-state index is 5.82. The Morgan fingerprint density at radius 2 is 1.86 bits per heavy atom. The smallest absolute Gasteiger partial charge is 0.161 e. The Labute approximate surface area is 127 Å². The summed E-state index contributed by atoms with van der Waals surface area (Å²) in [6, 6.07) is 8.34. The lowest BCUT2D eigenvalue weighted by Crippen LogP contribution is -2.38. The molecule has 0 aromatic heterocycles. The quantitative estimate of drug-likeness (QED) is 0.748. The molecule has 0 aliphatic carbocycles. The summed E-state index contributed by atoms with van der Waals surface area (Å²) in [6.07, 6.45) is 2.31. The summed E-state index contributed by atoms with van der Waals surface area (Å²) < 4.78 is 16.8. The number of hydrogen-bond donors (Lipinski definition) is 1. The van der Waals surface area contributed by atoms with Crippen molar-refractivity contribution in [3.8, 4) is 11.5 Å². The van der Waals surface area contributed by atoms with Crippen molar-refractivity contribution >= 4 is 0 Å². The van der Waals surface area contributed by atoms with Crippen molar-refractivity contribution in [2.75, 3.05) is 33.0 Å². The fourth-order valence-electron chi connectivity index (χ4n) is 2.67. The summed E-state index contributed by atoms with van der Waals surface area (Å²) in [5.74, 6) is 2.35. The molecule has 1 aliphatic heterocycles. The van der Waals surface area contributed by atoms with E-state index in [1.165, 1.54) is 0 Å². The summed E-state index contributed by atoms with van der Waals surface area (Å²) in [5.41, 5.74) is 0. The highest BCUT2D eigenvalue weighted by Gasteiger charge is 2.19. The first-order valence-corrected chi connectivity index (χ1v) is 7.97. The zero-order chi connectivity index (χ0) is 14.9. The number of para-hydroxylation sites is 2. The van der Waals surface area contributed by atoms with E-state index in [2.05, 4.69) is 12.2 Å². The predicted molar refractivity (Wildman–Crippen MR) is 84.1 cm³/mol. The Balaban J connectivity index is 1.69. The topological polar surface area (TPSA) is 39.7 Å². The van der Waals surface area contributed by atoms with Crippen LogP contribution in [0, 0.1) is 5.92 Å². The van der Waals surface area contributed by atoms with Crippen LogP contribution in [0.25, 0.3) is 0 Å². The molecule has 1 aromatic rings. The van der Waals surface area contributed by atoms with Crippen molar-refractivity contribution in [2.45, 2.75) is 32.7 Å². The third-order valence-electron chi connectivity index (χ3n) is 3.95. The molecular weight excluding hydrogens is 266 g/mol. The molecule has 0 amide bonds. The van der Waals surface area contributed by atoms with E-state index in [-0.39, 0.29) is 0 Å². The molecule has 1 aromatic carbocycles. The van der Waals surface area contributed by atoms with Gasteiger partial charge in [0.25, 0.3) is 0 Å². The Hall–Kier alpha value is -1.26. The lowest BCUT2D eigenvalue weighted by Gasteiger charge is -2.28. The van der Waals surface area contributed by atoms with E-state index in [0.717, 1.165) is 50.0 Å². The molecule has 1 saturated heterocycles. The number of ether oxygens (including phenoxy) is 3. The molecule has 2 rings (SSSR count). The predicted octanol–water partition coefficient (Wildman–Crippen LogP) is 2.87. The molecule has 1 N–H and O–H groups in total. The lowest BCUT2D eigenvalue weighted by molar-refractivity contribution is 0.0555. The minimum absolute atomic E-state index is 0.514. The largest absolute Gasteiger partial charge is 0.490 e. The molecular formula is C17H27NO3. The second-order valence-electron chi connectivity index (χ2n) is 5.42. The van der Waals surface area contributed by atoms with E-state index in [0.29, 0.717) is 19.3 Å². The van der Waals surface area contributed by atoms with Crippen molar-refractivity contribution in [3.63, 3.8) is 0 Å². The molecule has 0 radical (unpaired) electrons. The van der Waals surface area contributed by atoms with Crippen molar-refractivity contribution < 1.29 is 14.2 Å². The first kappa shape index (κ1) is 16.1. The molecule has 1 heterocycles. The van der Waals surface area contributed by atoms with E-state index >= 15 is 0 Å². The minimum Gasteiger partial charge on any atom is -0.490 e. The van der Waals surface area contributed by atoms with Gasteiger partial charge in [-0.1, -0.05) is 12.1 Å². The minimum atomic E-state index is 0.514. The van der Waals surface area contributed by atoms with Gasteiger partial charge in [0.2, 0.25) is 0 Å². The van der Waals surface area contributed by atoms with Crippen LogP contribution in [-0.4, -0.2) is 39.0 Å². The van der Waals surface area contributed by atoms with Crippen LogP contribution >= 0.6 is 0 Å². The van der Waals surface area contributed by atoms with Crippen LogP contribution in [0.15, 0.2) is 24.3 Å². The molecule has 1 unspecified atom stereocenters. The van der Waals surface area contributed by atoms with E-state index in [9.17, 15) is 0 Å². The molecule has 1 fully saturated rings. The molecule has 0 spiro atoms. The Morgan fingerprint density at radius 1 is 1.19 bits per heavy atom. The lowest BCUT2D eigenvalue weighted by atomic mass is 9.93. The number of rotatable bonds is 8. The van der Waals surface area contributed by atoms with Gasteiger partial charge in [0, 0.05) is 25.8 Å². The van der Waals surface area contributed by atoms with E-state index in [4.69, 9.17) is 14.2 Å². The van der Waals surface area contributed by atoms with Crippen LogP contribution in [0.5, 0.6) is 11.5 Å². The highest BCUT2D eigenvalue weighted by Crippen LogP contribution is 2.26. The maximum Gasteiger partial charge on any atom is 0.161 e.